The summed E-state index contributed by atoms with van der Waals surface area (Å²) >= 11 is 0. The van der Waals surface area contributed by atoms with E-state index in [1.54, 1.807) is 0 Å². The zero-order valence-electron chi connectivity index (χ0n) is 10.7. The molecule has 1 aromatic carbocycles. The number of benzene rings is 1. The third-order valence-corrected chi connectivity index (χ3v) is 2.69. The van der Waals surface area contributed by atoms with Crippen LogP contribution < -0.4 is 10.6 Å². The predicted molar refractivity (Wildman–Crippen MR) is 71.2 cm³/mol. The van der Waals surface area contributed by atoms with Gasteiger partial charge in [0.1, 0.15) is 0 Å². The van der Waals surface area contributed by atoms with Crippen LogP contribution in [0.3, 0.4) is 0 Å². The Labute approximate surface area is 115 Å². The van der Waals surface area contributed by atoms with E-state index in [0.717, 1.165) is 37.6 Å². The lowest BCUT2D eigenvalue weighted by Crippen LogP contribution is -2.40. The Hall–Kier alpha value is -2.16. The van der Waals surface area contributed by atoms with Gasteiger partial charge in [-0.15, -0.1) is 0 Å². The van der Waals surface area contributed by atoms with Gasteiger partial charge in [0.2, 0.25) is 0 Å². The topological polar surface area (TPSA) is 36.4 Å². The van der Waals surface area contributed by atoms with E-state index in [1.165, 1.54) is 12.1 Å². The molecule has 2 rings (SSSR count). The van der Waals surface area contributed by atoms with Crippen molar-refractivity contribution in [3.05, 3.63) is 35.4 Å². The van der Waals surface area contributed by atoms with E-state index in [0.29, 0.717) is 12.1 Å². The van der Waals surface area contributed by atoms with Crippen LogP contribution in [0.15, 0.2) is 29.3 Å². The Balaban J connectivity index is 1.87. The fourth-order valence-electron chi connectivity index (χ4n) is 1.67. The molecule has 1 aromatic rings. The van der Waals surface area contributed by atoms with Gasteiger partial charge < -0.3 is 10.6 Å². The normalized spacial score (nSPS) is 14.7. The Kier molecular flexibility index (Phi) is 4.51. The van der Waals surface area contributed by atoms with E-state index in [4.69, 9.17) is 0 Å². The van der Waals surface area contributed by atoms with E-state index in [9.17, 15) is 13.2 Å². The van der Waals surface area contributed by atoms with Crippen molar-refractivity contribution in [3.63, 3.8) is 0 Å². The van der Waals surface area contributed by atoms with Gasteiger partial charge in [0.25, 0.3) is 0 Å². The van der Waals surface area contributed by atoms with Gasteiger partial charge in [-0.1, -0.05) is 11.8 Å². The van der Waals surface area contributed by atoms with Crippen LogP contribution in [0.2, 0.25) is 0 Å². The fourth-order valence-corrected chi connectivity index (χ4v) is 1.67. The third-order valence-electron chi connectivity index (χ3n) is 2.69. The first-order valence-corrected chi connectivity index (χ1v) is 6.24. The van der Waals surface area contributed by atoms with E-state index < -0.39 is 11.7 Å². The lowest BCUT2D eigenvalue weighted by atomic mass is 10.1. The number of aliphatic imine (C=N–C) groups is 1. The van der Waals surface area contributed by atoms with Crippen molar-refractivity contribution in [1.82, 2.24) is 10.6 Å². The third kappa shape index (κ3) is 4.19. The number of alkyl halides is 3. The molecule has 20 heavy (non-hydrogen) atoms. The van der Waals surface area contributed by atoms with Gasteiger partial charge >= 0.3 is 6.18 Å². The molecule has 0 amide bonds. The number of nitrogens with one attached hydrogen (secondary N) is 2. The van der Waals surface area contributed by atoms with E-state index in [1.807, 2.05) is 0 Å². The van der Waals surface area contributed by atoms with Gasteiger partial charge in [-0.3, -0.25) is 4.99 Å². The Morgan fingerprint density at radius 2 is 2.00 bits per heavy atom. The molecule has 2 N–H and O–H groups in total. The van der Waals surface area contributed by atoms with Crippen molar-refractivity contribution < 1.29 is 13.2 Å². The minimum atomic E-state index is -4.31. The second-order valence-electron chi connectivity index (χ2n) is 4.24. The highest BCUT2D eigenvalue weighted by molar-refractivity contribution is 5.80. The molecule has 3 nitrogen and oxygen atoms in total. The highest BCUT2D eigenvalue weighted by atomic mass is 19.4. The maximum Gasteiger partial charge on any atom is 0.416 e. The van der Waals surface area contributed by atoms with Crippen LogP contribution in [0.5, 0.6) is 0 Å². The molecule has 106 valence electrons. The van der Waals surface area contributed by atoms with Crippen LogP contribution in [0.4, 0.5) is 13.2 Å². The largest absolute Gasteiger partial charge is 0.416 e. The summed E-state index contributed by atoms with van der Waals surface area (Å²) in [6, 6.07) is 4.80. The van der Waals surface area contributed by atoms with Gasteiger partial charge in [-0.2, -0.15) is 13.2 Å². The summed E-state index contributed by atoms with van der Waals surface area (Å²) in [5.41, 5.74) is -0.111. The van der Waals surface area contributed by atoms with Crippen LogP contribution in [-0.4, -0.2) is 25.6 Å². The van der Waals surface area contributed by atoms with Crippen LogP contribution in [0, 0.1) is 11.8 Å². The average Bonchev–Trinajstić information content (AvgIpc) is 2.44. The van der Waals surface area contributed by atoms with E-state index in [-0.39, 0.29) is 0 Å². The van der Waals surface area contributed by atoms with Crippen molar-refractivity contribution in [2.75, 3.05) is 19.6 Å². The molecule has 0 aliphatic carbocycles. The predicted octanol–water partition coefficient (Wildman–Crippen LogP) is 2.00. The van der Waals surface area contributed by atoms with Crippen LogP contribution in [-0.2, 0) is 6.18 Å². The smallest absolute Gasteiger partial charge is 0.356 e. The van der Waals surface area contributed by atoms with Crippen molar-refractivity contribution in [1.29, 1.82) is 0 Å². The minimum absolute atomic E-state index is 0.396. The van der Waals surface area contributed by atoms with Crippen molar-refractivity contribution in [2.24, 2.45) is 4.99 Å². The summed E-state index contributed by atoms with van der Waals surface area (Å²) in [6.45, 7) is 2.08. The van der Waals surface area contributed by atoms with E-state index >= 15 is 0 Å². The standard InChI is InChI=1S/C14H14F3N3/c15-14(16,17)12-6-4-11(5-7-12)3-1-8-18-13-19-9-2-10-20-13/h4-7H,2,8-10H2,(H2,18,19,20). The molecule has 1 aliphatic heterocycles. The zero-order chi connectivity index (χ0) is 14.4. The monoisotopic (exact) mass is 281 g/mol. The molecule has 0 unspecified atom stereocenters. The highest BCUT2D eigenvalue weighted by Gasteiger charge is 2.29. The summed E-state index contributed by atoms with van der Waals surface area (Å²) in [7, 11) is 0. The zero-order valence-corrected chi connectivity index (χ0v) is 10.7. The molecule has 1 heterocycles. The Morgan fingerprint density at radius 1 is 1.25 bits per heavy atom. The fraction of sp³-hybridized carbons (Fsp3) is 0.357. The van der Waals surface area contributed by atoms with Gasteiger partial charge in [0.15, 0.2) is 5.96 Å². The number of rotatable bonds is 1. The number of nitrogens with zero attached hydrogens (tertiary/aromatic N) is 1. The second kappa shape index (κ2) is 6.33. The number of halogens is 3. The van der Waals surface area contributed by atoms with E-state index in [2.05, 4.69) is 27.5 Å². The minimum Gasteiger partial charge on any atom is -0.356 e. The summed E-state index contributed by atoms with van der Waals surface area (Å²) in [6.07, 6.45) is -3.29. The molecule has 0 atom stereocenters. The molecule has 6 heteroatoms. The van der Waals surface area contributed by atoms with Crippen LogP contribution >= 0.6 is 0 Å². The molecular weight excluding hydrogens is 267 g/mol. The summed E-state index contributed by atoms with van der Waals surface area (Å²) in [5.74, 6) is 6.36. The summed E-state index contributed by atoms with van der Waals surface area (Å²) < 4.78 is 37.1. The maximum absolute atomic E-state index is 12.4. The molecular formula is C14H14F3N3. The van der Waals surface area contributed by atoms with Gasteiger partial charge in [0.05, 0.1) is 12.1 Å². The first-order valence-electron chi connectivity index (χ1n) is 6.24. The lowest BCUT2D eigenvalue weighted by molar-refractivity contribution is -0.137. The molecule has 0 fully saturated rings. The Bertz CT molecular complexity index is 536. The first kappa shape index (κ1) is 14.3. The molecule has 0 bridgehead atoms. The summed E-state index contributed by atoms with van der Waals surface area (Å²) in [4.78, 5) is 4.21. The number of hydrogen-bond donors (Lipinski definition) is 2. The maximum atomic E-state index is 12.4. The van der Waals surface area contributed by atoms with Gasteiger partial charge in [0, 0.05) is 18.7 Å². The molecule has 1 aliphatic rings. The summed E-state index contributed by atoms with van der Waals surface area (Å²) in [5, 5.41) is 6.10. The second-order valence-corrected chi connectivity index (χ2v) is 4.24. The number of hydrogen-bond acceptors (Lipinski definition) is 3. The SMILES string of the molecule is FC(F)(F)c1ccc(C#CCNC2=NCCCN2)cc1. The lowest BCUT2D eigenvalue weighted by Gasteiger charge is -2.14. The van der Waals surface area contributed by atoms with Crippen molar-refractivity contribution in [2.45, 2.75) is 12.6 Å². The first-order chi connectivity index (χ1) is 9.55. The van der Waals surface area contributed by atoms with Crippen molar-refractivity contribution >= 4 is 5.96 Å². The molecule has 0 saturated heterocycles. The molecule has 0 aromatic heterocycles. The molecule has 0 saturated carbocycles. The number of guanidine groups is 1. The van der Waals surface area contributed by atoms with Gasteiger partial charge in [-0.05, 0) is 30.7 Å². The van der Waals surface area contributed by atoms with Crippen LogP contribution in [0.1, 0.15) is 17.5 Å². The van der Waals surface area contributed by atoms with Gasteiger partial charge in [-0.25, -0.2) is 0 Å². The quantitative estimate of drug-likeness (QED) is 0.772. The average molecular weight is 281 g/mol. The molecule has 0 spiro atoms. The van der Waals surface area contributed by atoms with Crippen LogP contribution in [0.25, 0.3) is 0 Å². The highest BCUT2D eigenvalue weighted by Crippen LogP contribution is 2.28. The molecule has 0 radical (unpaired) electrons. The van der Waals surface area contributed by atoms with Crippen molar-refractivity contribution in [3.8, 4) is 11.8 Å². The Morgan fingerprint density at radius 3 is 2.60 bits per heavy atom.